The van der Waals surface area contributed by atoms with E-state index in [4.69, 9.17) is 4.74 Å². The normalized spacial score (nSPS) is 23.4. The Balaban J connectivity index is 1.36. The summed E-state index contributed by atoms with van der Waals surface area (Å²) in [5.41, 5.74) is 1.26. The van der Waals surface area contributed by atoms with Crippen molar-refractivity contribution in [2.75, 3.05) is 19.8 Å². The second-order valence-electron chi connectivity index (χ2n) is 6.19. The lowest BCUT2D eigenvalue weighted by Gasteiger charge is -2.14. The molecule has 2 amide bonds. The van der Waals surface area contributed by atoms with Gasteiger partial charge in [0.05, 0.1) is 18.4 Å². The Morgan fingerprint density at radius 1 is 0.957 bits per heavy atom. The van der Waals surface area contributed by atoms with E-state index in [0.29, 0.717) is 39.0 Å². The van der Waals surface area contributed by atoms with Gasteiger partial charge >= 0.3 is 0 Å². The molecule has 3 rings (SSSR count). The molecule has 1 aromatic rings. The van der Waals surface area contributed by atoms with Crippen molar-refractivity contribution in [2.45, 2.75) is 25.7 Å². The molecule has 1 heterocycles. The van der Waals surface area contributed by atoms with Crippen LogP contribution in [0.5, 0.6) is 0 Å². The number of rotatable bonds is 7. The van der Waals surface area contributed by atoms with Crippen molar-refractivity contribution in [3.63, 3.8) is 0 Å². The minimum atomic E-state index is -0.119. The van der Waals surface area contributed by atoms with E-state index in [0.717, 1.165) is 6.42 Å². The number of carbonyl (C=O) groups excluding carboxylic acids is 2. The van der Waals surface area contributed by atoms with Crippen LogP contribution in [-0.4, -0.2) is 36.5 Å². The summed E-state index contributed by atoms with van der Waals surface area (Å²) in [7, 11) is 0. The summed E-state index contributed by atoms with van der Waals surface area (Å²) >= 11 is 0. The Kier molecular flexibility index (Phi) is 5.23. The van der Waals surface area contributed by atoms with E-state index in [1.54, 1.807) is 0 Å². The van der Waals surface area contributed by atoms with E-state index >= 15 is 0 Å². The lowest BCUT2D eigenvalue weighted by atomic mass is 9.85. The van der Waals surface area contributed by atoms with Gasteiger partial charge in [0, 0.05) is 13.2 Å². The van der Waals surface area contributed by atoms with E-state index in [1.165, 1.54) is 10.5 Å². The first kappa shape index (κ1) is 15.9. The summed E-state index contributed by atoms with van der Waals surface area (Å²) in [6.45, 7) is 1.73. The molecule has 2 atom stereocenters. The van der Waals surface area contributed by atoms with Gasteiger partial charge < -0.3 is 4.74 Å². The first-order valence-electron chi connectivity index (χ1n) is 8.39. The number of hydrogen-bond donors (Lipinski definition) is 0. The first-order valence-corrected chi connectivity index (χ1v) is 8.39. The molecule has 1 aromatic carbocycles. The third-order valence-electron chi connectivity index (χ3n) is 4.65. The van der Waals surface area contributed by atoms with Crippen LogP contribution in [0.2, 0.25) is 0 Å². The standard InChI is InChI=1S/C19H23NO3/c21-18-16-9-4-5-10-17(16)19(22)20(18)12-6-13-23-14-11-15-7-2-1-3-8-15/h1-5,7-8,16-17H,6,9-14H2/t16-,17+. The molecular weight excluding hydrogens is 290 g/mol. The fourth-order valence-electron chi connectivity index (χ4n) is 3.35. The third-order valence-corrected chi connectivity index (χ3v) is 4.65. The van der Waals surface area contributed by atoms with E-state index < -0.39 is 0 Å². The summed E-state index contributed by atoms with van der Waals surface area (Å²) in [6.07, 6.45) is 7.04. The van der Waals surface area contributed by atoms with Gasteiger partial charge in [0.2, 0.25) is 11.8 Å². The number of amides is 2. The van der Waals surface area contributed by atoms with Crippen LogP contribution in [-0.2, 0) is 20.7 Å². The summed E-state index contributed by atoms with van der Waals surface area (Å²) in [4.78, 5) is 26.0. The van der Waals surface area contributed by atoms with E-state index in [1.807, 2.05) is 30.4 Å². The lowest BCUT2D eigenvalue weighted by molar-refractivity contribution is -0.140. The molecule has 2 aliphatic rings. The number of hydrogen-bond acceptors (Lipinski definition) is 3. The molecular formula is C19H23NO3. The molecule has 4 heteroatoms. The average Bonchev–Trinajstić information content (AvgIpc) is 2.84. The van der Waals surface area contributed by atoms with Crippen LogP contribution in [0.25, 0.3) is 0 Å². The van der Waals surface area contributed by atoms with Crippen LogP contribution in [0.3, 0.4) is 0 Å². The Labute approximate surface area is 137 Å². The van der Waals surface area contributed by atoms with E-state index in [2.05, 4.69) is 12.1 Å². The Morgan fingerprint density at radius 2 is 1.61 bits per heavy atom. The molecule has 0 N–H and O–H groups in total. The van der Waals surface area contributed by atoms with Crippen LogP contribution >= 0.6 is 0 Å². The predicted octanol–water partition coefficient (Wildman–Crippen LogP) is 2.59. The second-order valence-corrected chi connectivity index (χ2v) is 6.19. The highest BCUT2D eigenvalue weighted by Crippen LogP contribution is 2.34. The number of ether oxygens (including phenoxy) is 1. The van der Waals surface area contributed by atoms with Crippen molar-refractivity contribution in [1.29, 1.82) is 0 Å². The zero-order valence-corrected chi connectivity index (χ0v) is 13.3. The van der Waals surface area contributed by atoms with Gasteiger partial charge in [0.25, 0.3) is 0 Å². The van der Waals surface area contributed by atoms with Gasteiger partial charge in [-0.2, -0.15) is 0 Å². The quantitative estimate of drug-likeness (QED) is 0.441. The third kappa shape index (κ3) is 3.70. The van der Waals surface area contributed by atoms with Gasteiger partial charge in [-0.15, -0.1) is 0 Å². The van der Waals surface area contributed by atoms with Crippen molar-refractivity contribution in [2.24, 2.45) is 11.8 Å². The Morgan fingerprint density at radius 3 is 2.26 bits per heavy atom. The number of benzene rings is 1. The molecule has 1 aliphatic carbocycles. The molecule has 0 radical (unpaired) electrons. The van der Waals surface area contributed by atoms with Crippen molar-refractivity contribution in [3.05, 3.63) is 48.0 Å². The molecule has 1 aliphatic heterocycles. The van der Waals surface area contributed by atoms with Crippen LogP contribution < -0.4 is 0 Å². The zero-order valence-electron chi connectivity index (χ0n) is 13.3. The minimum absolute atomic E-state index is 0.00800. The Bertz CT molecular complexity index is 556. The van der Waals surface area contributed by atoms with Crippen molar-refractivity contribution in [1.82, 2.24) is 4.90 Å². The topological polar surface area (TPSA) is 46.6 Å². The molecule has 4 nitrogen and oxygen atoms in total. The van der Waals surface area contributed by atoms with E-state index in [9.17, 15) is 9.59 Å². The monoisotopic (exact) mass is 313 g/mol. The number of fused-ring (bicyclic) bond motifs is 1. The zero-order chi connectivity index (χ0) is 16.1. The van der Waals surface area contributed by atoms with Crippen LogP contribution in [0.1, 0.15) is 24.8 Å². The van der Waals surface area contributed by atoms with Gasteiger partial charge in [0.1, 0.15) is 0 Å². The molecule has 1 fully saturated rings. The maximum Gasteiger partial charge on any atom is 0.233 e. The minimum Gasteiger partial charge on any atom is -0.381 e. The van der Waals surface area contributed by atoms with E-state index in [-0.39, 0.29) is 23.7 Å². The number of nitrogens with zero attached hydrogens (tertiary/aromatic N) is 1. The number of imide groups is 1. The second kappa shape index (κ2) is 7.55. The van der Waals surface area contributed by atoms with Crippen molar-refractivity contribution >= 4 is 11.8 Å². The molecule has 122 valence electrons. The largest absolute Gasteiger partial charge is 0.381 e. The first-order chi connectivity index (χ1) is 11.3. The predicted molar refractivity (Wildman–Crippen MR) is 87.7 cm³/mol. The fourth-order valence-corrected chi connectivity index (χ4v) is 3.35. The van der Waals surface area contributed by atoms with Gasteiger partial charge in [-0.05, 0) is 31.2 Å². The molecule has 0 unspecified atom stereocenters. The molecule has 1 saturated heterocycles. The maximum atomic E-state index is 12.3. The van der Waals surface area contributed by atoms with Crippen LogP contribution in [0.15, 0.2) is 42.5 Å². The van der Waals surface area contributed by atoms with Gasteiger partial charge in [-0.3, -0.25) is 14.5 Å². The lowest BCUT2D eigenvalue weighted by Crippen LogP contribution is -2.32. The highest BCUT2D eigenvalue weighted by atomic mass is 16.5. The Hall–Kier alpha value is -1.94. The summed E-state index contributed by atoms with van der Waals surface area (Å²) in [6, 6.07) is 10.2. The fraction of sp³-hybridized carbons (Fsp3) is 0.474. The molecule has 0 bridgehead atoms. The van der Waals surface area contributed by atoms with Crippen molar-refractivity contribution in [3.8, 4) is 0 Å². The van der Waals surface area contributed by atoms with Crippen LogP contribution in [0.4, 0.5) is 0 Å². The van der Waals surface area contributed by atoms with Gasteiger partial charge in [-0.25, -0.2) is 0 Å². The molecule has 0 saturated carbocycles. The molecule has 0 spiro atoms. The van der Waals surface area contributed by atoms with Crippen LogP contribution in [0, 0.1) is 11.8 Å². The van der Waals surface area contributed by atoms with Gasteiger partial charge in [-0.1, -0.05) is 42.5 Å². The number of carbonyl (C=O) groups is 2. The molecule has 0 aromatic heterocycles. The molecule has 23 heavy (non-hydrogen) atoms. The number of likely N-dealkylation sites (tertiary alicyclic amines) is 1. The summed E-state index contributed by atoms with van der Waals surface area (Å²) in [5, 5.41) is 0. The summed E-state index contributed by atoms with van der Waals surface area (Å²) in [5.74, 6) is -0.222. The van der Waals surface area contributed by atoms with Crippen molar-refractivity contribution < 1.29 is 14.3 Å². The smallest absolute Gasteiger partial charge is 0.233 e. The highest BCUT2D eigenvalue weighted by molar-refractivity contribution is 6.05. The highest BCUT2D eigenvalue weighted by Gasteiger charge is 2.46. The summed E-state index contributed by atoms with van der Waals surface area (Å²) < 4.78 is 5.62. The number of allylic oxidation sites excluding steroid dienone is 2. The maximum absolute atomic E-state index is 12.3. The van der Waals surface area contributed by atoms with Gasteiger partial charge in [0.15, 0.2) is 0 Å². The average molecular weight is 313 g/mol. The SMILES string of the molecule is O=C1[C@H]2CC=CC[C@H]2C(=O)N1CCCOCCc1ccccc1.